The van der Waals surface area contributed by atoms with Gasteiger partial charge >= 0.3 is 0 Å². The summed E-state index contributed by atoms with van der Waals surface area (Å²) in [5, 5.41) is 16.4. The summed E-state index contributed by atoms with van der Waals surface area (Å²) in [6, 6.07) is 0. The summed E-state index contributed by atoms with van der Waals surface area (Å²) in [5.41, 5.74) is 0.117. The molecule has 0 saturated heterocycles. The van der Waals surface area contributed by atoms with Crippen molar-refractivity contribution in [3.8, 4) is 0 Å². The Morgan fingerprint density at radius 1 is 1.50 bits per heavy atom. The first-order valence-electron chi connectivity index (χ1n) is 5.77. The van der Waals surface area contributed by atoms with E-state index in [2.05, 4.69) is 29.2 Å². The normalized spacial score (nSPS) is 12.0. The molecule has 0 aliphatic carbocycles. The second-order valence-corrected chi connectivity index (χ2v) is 4.73. The van der Waals surface area contributed by atoms with Gasteiger partial charge in [-0.2, -0.15) is 5.10 Å². The third-order valence-electron chi connectivity index (χ3n) is 2.67. The van der Waals surface area contributed by atoms with Crippen LogP contribution >= 0.6 is 0 Å². The molecule has 0 atom stereocenters. The molecule has 0 amide bonds. The molecule has 0 aliphatic heterocycles. The summed E-state index contributed by atoms with van der Waals surface area (Å²) in [6.45, 7) is 9.00. The van der Waals surface area contributed by atoms with Crippen LogP contribution in [0.25, 0.3) is 0 Å². The number of aliphatic hydroxyl groups is 1. The molecule has 1 heterocycles. The number of nitrogens with one attached hydrogen (secondary N) is 1. The maximum absolute atomic E-state index is 8.91. The molecule has 1 rings (SSSR count). The molecule has 0 fully saturated rings. The predicted octanol–water partition coefficient (Wildman–Crippen LogP) is 0.796. The SMILES string of the molecule is CCn1ncnc1CNCC(C)(C)CCO. The first-order chi connectivity index (χ1) is 7.59. The quantitative estimate of drug-likeness (QED) is 0.722. The fourth-order valence-corrected chi connectivity index (χ4v) is 1.59. The molecule has 0 bridgehead atoms. The van der Waals surface area contributed by atoms with Gasteiger partial charge in [-0.3, -0.25) is 0 Å². The van der Waals surface area contributed by atoms with Gasteiger partial charge in [0.2, 0.25) is 0 Å². The van der Waals surface area contributed by atoms with Gasteiger partial charge in [-0.05, 0) is 18.8 Å². The van der Waals surface area contributed by atoms with Crippen molar-refractivity contribution in [2.45, 2.75) is 40.3 Å². The zero-order valence-corrected chi connectivity index (χ0v) is 10.4. The second-order valence-electron chi connectivity index (χ2n) is 4.73. The molecule has 0 saturated carbocycles. The van der Waals surface area contributed by atoms with E-state index in [1.165, 1.54) is 0 Å². The van der Waals surface area contributed by atoms with Crippen LogP contribution < -0.4 is 5.32 Å². The standard InChI is InChI=1S/C11H22N4O/c1-4-15-10(13-9-14-15)7-12-8-11(2,3)5-6-16/h9,12,16H,4-8H2,1-3H3. The molecule has 1 aromatic heterocycles. The lowest BCUT2D eigenvalue weighted by molar-refractivity contribution is 0.206. The Morgan fingerprint density at radius 2 is 2.25 bits per heavy atom. The monoisotopic (exact) mass is 226 g/mol. The Kier molecular flexibility index (Phi) is 4.89. The summed E-state index contributed by atoms with van der Waals surface area (Å²) in [7, 11) is 0. The van der Waals surface area contributed by atoms with Crippen molar-refractivity contribution >= 4 is 0 Å². The van der Waals surface area contributed by atoms with Crippen LogP contribution in [0, 0.1) is 5.41 Å². The Bertz CT molecular complexity index is 309. The van der Waals surface area contributed by atoms with E-state index in [0.29, 0.717) is 0 Å². The molecule has 1 aromatic rings. The predicted molar refractivity (Wildman–Crippen MR) is 62.9 cm³/mol. The van der Waals surface area contributed by atoms with Crippen LogP contribution in [0.5, 0.6) is 0 Å². The van der Waals surface area contributed by atoms with Crippen LogP contribution in [0.15, 0.2) is 6.33 Å². The fraction of sp³-hybridized carbons (Fsp3) is 0.818. The number of hydrogen-bond acceptors (Lipinski definition) is 4. The molecular weight excluding hydrogens is 204 g/mol. The van der Waals surface area contributed by atoms with Crippen LogP contribution in [0.4, 0.5) is 0 Å². The van der Waals surface area contributed by atoms with Crippen molar-refractivity contribution in [3.05, 3.63) is 12.2 Å². The molecule has 0 aromatic carbocycles. The molecule has 92 valence electrons. The molecule has 0 unspecified atom stereocenters. The lowest BCUT2D eigenvalue weighted by atomic mass is 9.90. The number of hydrogen-bond donors (Lipinski definition) is 2. The largest absolute Gasteiger partial charge is 0.396 e. The average molecular weight is 226 g/mol. The lowest BCUT2D eigenvalue weighted by Gasteiger charge is -2.23. The van der Waals surface area contributed by atoms with Crippen LogP contribution in [-0.2, 0) is 13.1 Å². The van der Waals surface area contributed by atoms with Crippen molar-refractivity contribution in [2.75, 3.05) is 13.2 Å². The van der Waals surface area contributed by atoms with E-state index >= 15 is 0 Å². The van der Waals surface area contributed by atoms with E-state index in [1.807, 2.05) is 11.6 Å². The fourth-order valence-electron chi connectivity index (χ4n) is 1.59. The molecule has 0 radical (unpaired) electrons. The van der Waals surface area contributed by atoms with Crippen molar-refractivity contribution < 1.29 is 5.11 Å². The van der Waals surface area contributed by atoms with Gasteiger partial charge in [0.05, 0.1) is 6.54 Å². The van der Waals surface area contributed by atoms with Gasteiger partial charge in [-0.25, -0.2) is 9.67 Å². The minimum absolute atomic E-state index is 0.117. The van der Waals surface area contributed by atoms with E-state index in [0.717, 1.165) is 31.9 Å². The highest BCUT2D eigenvalue weighted by Crippen LogP contribution is 2.17. The van der Waals surface area contributed by atoms with Crippen molar-refractivity contribution in [3.63, 3.8) is 0 Å². The molecule has 0 aliphatic rings. The van der Waals surface area contributed by atoms with Gasteiger partial charge in [0.25, 0.3) is 0 Å². The molecule has 16 heavy (non-hydrogen) atoms. The molecule has 5 heteroatoms. The molecule has 0 spiro atoms. The third kappa shape index (κ3) is 3.90. The van der Waals surface area contributed by atoms with Gasteiger partial charge in [-0.1, -0.05) is 13.8 Å². The maximum atomic E-state index is 8.91. The molecule has 2 N–H and O–H groups in total. The van der Waals surface area contributed by atoms with E-state index in [4.69, 9.17) is 5.11 Å². The van der Waals surface area contributed by atoms with E-state index in [9.17, 15) is 0 Å². The summed E-state index contributed by atoms with van der Waals surface area (Å²) in [4.78, 5) is 4.19. The van der Waals surface area contributed by atoms with Gasteiger partial charge in [0.1, 0.15) is 12.2 Å². The first-order valence-corrected chi connectivity index (χ1v) is 5.77. The Morgan fingerprint density at radius 3 is 2.88 bits per heavy atom. The summed E-state index contributed by atoms with van der Waals surface area (Å²) in [5.74, 6) is 0.960. The number of nitrogens with zero attached hydrogens (tertiary/aromatic N) is 3. The minimum Gasteiger partial charge on any atom is -0.396 e. The van der Waals surface area contributed by atoms with Crippen LogP contribution in [0.3, 0.4) is 0 Å². The molecule has 5 nitrogen and oxygen atoms in total. The second kappa shape index (κ2) is 5.96. The van der Waals surface area contributed by atoms with Crippen LogP contribution in [0.1, 0.15) is 33.0 Å². The minimum atomic E-state index is 0.117. The third-order valence-corrected chi connectivity index (χ3v) is 2.67. The lowest BCUT2D eigenvalue weighted by Crippen LogP contribution is -2.30. The number of aromatic nitrogens is 3. The Hall–Kier alpha value is -0.940. The Labute approximate surface area is 96.9 Å². The molecular formula is C11H22N4O. The van der Waals surface area contributed by atoms with Crippen molar-refractivity contribution in [1.82, 2.24) is 20.1 Å². The number of aryl methyl sites for hydroxylation is 1. The summed E-state index contributed by atoms with van der Waals surface area (Å²) >= 11 is 0. The van der Waals surface area contributed by atoms with Gasteiger partial charge in [-0.15, -0.1) is 0 Å². The topological polar surface area (TPSA) is 63.0 Å². The van der Waals surface area contributed by atoms with Crippen LogP contribution in [-0.4, -0.2) is 33.0 Å². The summed E-state index contributed by atoms with van der Waals surface area (Å²) in [6.07, 6.45) is 2.39. The number of rotatable bonds is 7. The van der Waals surface area contributed by atoms with E-state index < -0.39 is 0 Å². The highest BCUT2D eigenvalue weighted by Gasteiger charge is 2.16. The van der Waals surface area contributed by atoms with Crippen molar-refractivity contribution in [1.29, 1.82) is 0 Å². The zero-order valence-electron chi connectivity index (χ0n) is 10.4. The zero-order chi connectivity index (χ0) is 12.0. The smallest absolute Gasteiger partial charge is 0.140 e. The van der Waals surface area contributed by atoms with Crippen molar-refractivity contribution in [2.24, 2.45) is 5.41 Å². The summed E-state index contributed by atoms with van der Waals surface area (Å²) < 4.78 is 1.88. The highest BCUT2D eigenvalue weighted by atomic mass is 16.3. The van der Waals surface area contributed by atoms with Gasteiger partial charge in [0, 0.05) is 19.7 Å². The first kappa shape index (κ1) is 13.1. The van der Waals surface area contributed by atoms with Crippen LogP contribution in [0.2, 0.25) is 0 Å². The van der Waals surface area contributed by atoms with E-state index in [-0.39, 0.29) is 12.0 Å². The van der Waals surface area contributed by atoms with Gasteiger partial charge in [0.15, 0.2) is 0 Å². The van der Waals surface area contributed by atoms with E-state index in [1.54, 1.807) is 6.33 Å². The van der Waals surface area contributed by atoms with Gasteiger partial charge < -0.3 is 10.4 Å². The highest BCUT2D eigenvalue weighted by molar-refractivity contribution is 4.84. The maximum Gasteiger partial charge on any atom is 0.140 e. The Balaban J connectivity index is 2.35. The number of aliphatic hydroxyl groups excluding tert-OH is 1. The average Bonchev–Trinajstić information content (AvgIpc) is 2.64.